The van der Waals surface area contributed by atoms with Gasteiger partial charge in [0.05, 0.1) is 0 Å². The lowest BCUT2D eigenvalue weighted by Gasteiger charge is -2.14. The highest BCUT2D eigenvalue weighted by molar-refractivity contribution is 5.84. The number of hydrogen-bond donors (Lipinski definition) is 2. The smallest absolute Gasteiger partial charge is 0.322 e. The summed E-state index contributed by atoms with van der Waals surface area (Å²) in [7, 11) is 0. The average molecular weight is 251 g/mol. The summed E-state index contributed by atoms with van der Waals surface area (Å²) in [5, 5.41) is 10.7. The van der Waals surface area contributed by atoms with Crippen molar-refractivity contribution in [2.45, 2.75) is 26.9 Å². The number of hydrogen-bond acceptors (Lipinski definition) is 3. The Hall–Kier alpha value is -2.04. The molecule has 18 heavy (non-hydrogen) atoms. The predicted molar refractivity (Wildman–Crippen MR) is 66.7 cm³/mol. The van der Waals surface area contributed by atoms with Crippen LogP contribution in [0.15, 0.2) is 18.2 Å². The number of nitrogens with one attached hydrogen (secondary N) is 1. The molecule has 1 rings (SSSR count). The van der Waals surface area contributed by atoms with Crippen molar-refractivity contribution < 1.29 is 19.4 Å². The number of carbonyl (C=O) groups is 2. The minimum Gasteiger partial charge on any atom is -0.481 e. The summed E-state index contributed by atoms with van der Waals surface area (Å²) >= 11 is 0. The first-order valence-electron chi connectivity index (χ1n) is 5.63. The molecule has 0 spiro atoms. The maximum atomic E-state index is 11.5. The molecule has 0 aromatic heterocycles. The molecule has 1 aromatic rings. The Labute approximate surface area is 106 Å². The molecule has 0 radical (unpaired) electrons. The van der Waals surface area contributed by atoms with E-state index in [0.29, 0.717) is 5.75 Å². The van der Waals surface area contributed by atoms with E-state index >= 15 is 0 Å². The van der Waals surface area contributed by atoms with E-state index in [1.54, 1.807) is 6.92 Å². The standard InChI is InChI=1S/C13H17NO4/c1-8-4-9(2)6-11(5-8)18-10(3)13(17)14-7-12(15)16/h4-6,10H,7H2,1-3H3,(H,14,17)(H,15,16). The lowest BCUT2D eigenvalue weighted by Crippen LogP contribution is -2.39. The zero-order valence-electron chi connectivity index (χ0n) is 10.7. The normalized spacial score (nSPS) is 11.7. The summed E-state index contributed by atoms with van der Waals surface area (Å²) in [5.41, 5.74) is 2.09. The van der Waals surface area contributed by atoms with Crippen molar-refractivity contribution >= 4 is 11.9 Å². The van der Waals surface area contributed by atoms with Crippen molar-refractivity contribution in [2.24, 2.45) is 0 Å². The van der Waals surface area contributed by atoms with E-state index in [1.165, 1.54) is 0 Å². The second-order valence-electron chi connectivity index (χ2n) is 4.20. The maximum absolute atomic E-state index is 11.5. The average Bonchev–Trinajstić information content (AvgIpc) is 2.24. The van der Waals surface area contributed by atoms with Crippen LogP contribution in [0.4, 0.5) is 0 Å². The van der Waals surface area contributed by atoms with Gasteiger partial charge in [0.2, 0.25) is 0 Å². The van der Waals surface area contributed by atoms with Gasteiger partial charge in [0, 0.05) is 0 Å². The molecule has 0 saturated heterocycles. The Balaban J connectivity index is 2.60. The van der Waals surface area contributed by atoms with E-state index < -0.39 is 24.5 Å². The molecule has 0 heterocycles. The van der Waals surface area contributed by atoms with E-state index in [2.05, 4.69) is 5.32 Å². The molecule has 0 fully saturated rings. The third-order valence-corrected chi connectivity index (χ3v) is 2.29. The fourth-order valence-corrected chi connectivity index (χ4v) is 1.57. The highest BCUT2D eigenvalue weighted by Crippen LogP contribution is 2.17. The van der Waals surface area contributed by atoms with Crippen LogP contribution >= 0.6 is 0 Å². The first kappa shape index (κ1) is 14.0. The molecular weight excluding hydrogens is 234 g/mol. The number of rotatable bonds is 5. The van der Waals surface area contributed by atoms with Crippen molar-refractivity contribution in [1.82, 2.24) is 5.32 Å². The number of carbonyl (C=O) groups excluding carboxylic acids is 1. The van der Waals surface area contributed by atoms with E-state index in [9.17, 15) is 9.59 Å². The quantitative estimate of drug-likeness (QED) is 0.826. The van der Waals surface area contributed by atoms with Gasteiger partial charge in [-0.05, 0) is 44.0 Å². The molecular formula is C13H17NO4. The summed E-state index contributed by atoms with van der Waals surface area (Å²) in [5.74, 6) is -0.927. The number of benzene rings is 1. The number of carboxylic acids is 1. The van der Waals surface area contributed by atoms with Gasteiger partial charge >= 0.3 is 5.97 Å². The fraction of sp³-hybridized carbons (Fsp3) is 0.385. The molecule has 0 aliphatic heterocycles. The van der Waals surface area contributed by atoms with Crippen molar-refractivity contribution in [3.63, 3.8) is 0 Å². The van der Waals surface area contributed by atoms with Crippen LogP contribution in [0.25, 0.3) is 0 Å². The van der Waals surface area contributed by atoms with Crippen molar-refractivity contribution in [2.75, 3.05) is 6.54 Å². The SMILES string of the molecule is Cc1cc(C)cc(OC(C)C(=O)NCC(=O)O)c1. The molecule has 98 valence electrons. The number of amides is 1. The molecule has 1 atom stereocenters. The van der Waals surface area contributed by atoms with E-state index in [1.807, 2.05) is 32.0 Å². The molecule has 0 aliphatic rings. The van der Waals surface area contributed by atoms with Crippen LogP contribution in [0, 0.1) is 13.8 Å². The Bertz CT molecular complexity index is 436. The second-order valence-corrected chi connectivity index (χ2v) is 4.20. The van der Waals surface area contributed by atoms with E-state index in [0.717, 1.165) is 11.1 Å². The Kier molecular flexibility index (Phi) is 4.71. The van der Waals surface area contributed by atoms with Gasteiger partial charge in [0.25, 0.3) is 5.91 Å². The first-order chi connectivity index (χ1) is 8.38. The van der Waals surface area contributed by atoms with Gasteiger partial charge in [-0.2, -0.15) is 0 Å². The number of aryl methyl sites for hydroxylation is 2. The fourth-order valence-electron chi connectivity index (χ4n) is 1.57. The third-order valence-electron chi connectivity index (χ3n) is 2.29. The van der Waals surface area contributed by atoms with Crippen LogP contribution in [0.1, 0.15) is 18.1 Å². The third kappa shape index (κ3) is 4.45. The minimum atomic E-state index is -1.08. The first-order valence-corrected chi connectivity index (χ1v) is 5.63. The zero-order valence-corrected chi connectivity index (χ0v) is 10.7. The lowest BCUT2D eigenvalue weighted by molar-refractivity contribution is -0.139. The van der Waals surface area contributed by atoms with Gasteiger partial charge in [-0.3, -0.25) is 9.59 Å². The second kappa shape index (κ2) is 6.05. The molecule has 5 heteroatoms. The maximum Gasteiger partial charge on any atom is 0.322 e. The highest BCUT2D eigenvalue weighted by Gasteiger charge is 2.15. The molecule has 0 aliphatic carbocycles. The number of aliphatic carboxylic acids is 1. The van der Waals surface area contributed by atoms with E-state index in [-0.39, 0.29) is 0 Å². The van der Waals surface area contributed by atoms with Crippen LogP contribution < -0.4 is 10.1 Å². The van der Waals surface area contributed by atoms with Crippen LogP contribution in [0.3, 0.4) is 0 Å². The zero-order chi connectivity index (χ0) is 13.7. The van der Waals surface area contributed by atoms with Crippen molar-refractivity contribution in [3.8, 4) is 5.75 Å². The van der Waals surface area contributed by atoms with Crippen LogP contribution in [-0.2, 0) is 9.59 Å². The number of carboxylic acid groups (broad SMARTS) is 1. The summed E-state index contributed by atoms with van der Waals surface area (Å²) in [6.07, 6.45) is -0.731. The molecule has 5 nitrogen and oxygen atoms in total. The number of ether oxygens (including phenoxy) is 1. The molecule has 0 saturated carbocycles. The van der Waals surface area contributed by atoms with Gasteiger partial charge in [-0.15, -0.1) is 0 Å². The predicted octanol–water partition coefficient (Wildman–Crippen LogP) is 1.27. The summed E-state index contributed by atoms with van der Waals surface area (Å²) in [6, 6.07) is 5.66. The van der Waals surface area contributed by atoms with Crippen LogP contribution in [0.5, 0.6) is 5.75 Å². The summed E-state index contributed by atoms with van der Waals surface area (Å²) in [4.78, 5) is 21.8. The molecule has 0 bridgehead atoms. The summed E-state index contributed by atoms with van der Waals surface area (Å²) < 4.78 is 5.47. The Morgan fingerprint density at radius 1 is 1.28 bits per heavy atom. The van der Waals surface area contributed by atoms with Gasteiger partial charge in [0.1, 0.15) is 12.3 Å². The van der Waals surface area contributed by atoms with Gasteiger partial charge in [-0.1, -0.05) is 6.07 Å². The molecule has 1 aromatic carbocycles. The van der Waals surface area contributed by atoms with Gasteiger partial charge in [0.15, 0.2) is 6.10 Å². The van der Waals surface area contributed by atoms with E-state index in [4.69, 9.17) is 9.84 Å². The molecule has 1 amide bonds. The monoisotopic (exact) mass is 251 g/mol. The lowest BCUT2D eigenvalue weighted by atomic mass is 10.1. The van der Waals surface area contributed by atoms with Crippen LogP contribution in [0.2, 0.25) is 0 Å². The Morgan fingerprint density at radius 3 is 2.33 bits per heavy atom. The Morgan fingerprint density at radius 2 is 1.83 bits per heavy atom. The topological polar surface area (TPSA) is 75.6 Å². The minimum absolute atomic E-state index is 0.403. The summed E-state index contributed by atoms with van der Waals surface area (Å²) in [6.45, 7) is 5.05. The largest absolute Gasteiger partial charge is 0.481 e. The van der Waals surface area contributed by atoms with Crippen LogP contribution in [-0.4, -0.2) is 29.6 Å². The van der Waals surface area contributed by atoms with Gasteiger partial charge < -0.3 is 15.2 Å². The van der Waals surface area contributed by atoms with Crippen molar-refractivity contribution in [1.29, 1.82) is 0 Å². The highest BCUT2D eigenvalue weighted by atomic mass is 16.5. The van der Waals surface area contributed by atoms with Crippen molar-refractivity contribution in [3.05, 3.63) is 29.3 Å². The molecule has 2 N–H and O–H groups in total. The van der Waals surface area contributed by atoms with Gasteiger partial charge in [-0.25, -0.2) is 0 Å². The molecule has 1 unspecified atom stereocenters.